The van der Waals surface area contributed by atoms with Crippen LogP contribution in [0.5, 0.6) is 0 Å². The van der Waals surface area contributed by atoms with Gasteiger partial charge in [-0.05, 0) is 38.1 Å². The van der Waals surface area contributed by atoms with Crippen LogP contribution in [-0.2, 0) is 0 Å². The molecule has 1 fully saturated rings. The Morgan fingerprint density at radius 1 is 1.29 bits per heavy atom. The van der Waals surface area contributed by atoms with Crippen LogP contribution >= 0.6 is 0 Å². The van der Waals surface area contributed by atoms with Gasteiger partial charge in [-0.2, -0.15) is 0 Å². The highest BCUT2D eigenvalue weighted by Crippen LogP contribution is 2.26. The van der Waals surface area contributed by atoms with E-state index < -0.39 is 0 Å². The van der Waals surface area contributed by atoms with Crippen LogP contribution in [0.1, 0.15) is 18.9 Å². The Morgan fingerprint density at radius 2 is 2.18 bits per heavy atom. The van der Waals surface area contributed by atoms with E-state index in [0.29, 0.717) is 0 Å². The number of aliphatic hydroxyl groups excluding tert-OH is 1. The first-order valence-electron chi connectivity index (χ1n) is 6.15. The second kappa shape index (κ2) is 4.47. The van der Waals surface area contributed by atoms with Crippen molar-refractivity contribution in [2.24, 2.45) is 0 Å². The minimum absolute atomic E-state index is 0.159. The Hall–Kier alpha value is -1.39. The molecule has 0 saturated carbocycles. The van der Waals surface area contributed by atoms with E-state index in [1.54, 1.807) is 6.20 Å². The molecule has 0 bridgehead atoms. The average Bonchev–Trinajstić information content (AvgIpc) is 2.66. The molecule has 0 aliphatic carbocycles. The van der Waals surface area contributed by atoms with Crippen LogP contribution in [0.25, 0.3) is 10.9 Å². The number of aromatic nitrogens is 2. The molecule has 4 heteroatoms. The van der Waals surface area contributed by atoms with E-state index in [-0.39, 0.29) is 12.1 Å². The van der Waals surface area contributed by atoms with Gasteiger partial charge in [-0.15, -0.1) is 0 Å². The zero-order chi connectivity index (χ0) is 11.7. The Labute approximate surface area is 100 Å². The lowest BCUT2D eigenvalue weighted by molar-refractivity contribution is 0.111. The van der Waals surface area contributed by atoms with Crippen LogP contribution in [0.15, 0.2) is 30.7 Å². The maximum absolute atomic E-state index is 10.2. The van der Waals surface area contributed by atoms with E-state index in [0.717, 1.165) is 31.4 Å². The number of nitrogens with zero attached hydrogens (tertiary/aromatic N) is 2. The smallest absolute Gasteiger partial charge is 0.0759 e. The number of aliphatic hydroxyl groups is 1. The summed E-state index contributed by atoms with van der Waals surface area (Å²) >= 11 is 0. The maximum Gasteiger partial charge on any atom is 0.0759 e. The monoisotopic (exact) mass is 231 g/mol. The van der Waals surface area contributed by atoms with E-state index in [9.17, 15) is 5.11 Å². The van der Waals surface area contributed by atoms with Gasteiger partial charge in [0.25, 0.3) is 0 Å². The SMILES string of the molecule is O[C@H]1CCNCC[C@@H]1n1ccc2ccncc21. The van der Waals surface area contributed by atoms with Crippen molar-refractivity contribution < 1.29 is 5.11 Å². The van der Waals surface area contributed by atoms with E-state index >= 15 is 0 Å². The molecule has 1 aliphatic rings. The topological polar surface area (TPSA) is 50.1 Å². The molecule has 2 N–H and O–H groups in total. The van der Waals surface area contributed by atoms with Crippen molar-refractivity contribution in [2.75, 3.05) is 13.1 Å². The molecular formula is C13H17N3O. The van der Waals surface area contributed by atoms with Crippen LogP contribution in [0.2, 0.25) is 0 Å². The third-order valence-electron chi connectivity index (χ3n) is 3.56. The van der Waals surface area contributed by atoms with Crippen LogP contribution < -0.4 is 5.32 Å². The molecule has 3 rings (SSSR count). The second-order valence-corrected chi connectivity index (χ2v) is 4.62. The number of rotatable bonds is 1. The lowest BCUT2D eigenvalue weighted by Crippen LogP contribution is -2.23. The highest BCUT2D eigenvalue weighted by Gasteiger charge is 2.23. The van der Waals surface area contributed by atoms with Crippen molar-refractivity contribution in [3.8, 4) is 0 Å². The van der Waals surface area contributed by atoms with Gasteiger partial charge in [-0.1, -0.05) is 0 Å². The van der Waals surface area contributed by atoms with Crippen molar-refractivity contribution >= 4 is 10.9 Å². The van der Waals surface area contributed by atoms with E-state index in [4.69, 9.17) is 0 Å². The van der Waals surface area contributed by atoms with E-state index in [1.807, 2.05) is 12.3 Å². The molecule has 0 unspecified atom stereocenters. The van der Waals surface area contributed by atoms with Crippen LogP contribution in [0.4, 0.5) is 0 Å². The largest absolute Gasteiger partial charge is 0.391 e. The Kier molecular flexibility index (Phi) is 2.82. The molecule has 2 aromatic heterocycles. The summed E-state index contributed by atoms with van der Waals surface area (Å²) in [4.78, 5) is 4.17. The van der Waals surface area contributed by atoms with Gasteiger partial charge in [0.2, 0.25) is 0 Å². The quantitative estimate of drug-likeness (QED) is 0.778. The van der Waals surface area contributed by atoms with Gasteiger partial charge in [0.1, 0.15) is 0 Å². The first-order valence-corrected chi connectivity index (χ1v) is 6.15. The minimum atomic E-state index is -0.277. The van der Waals surface area contributed by atoms with E-state index in [2.05, 4.69) is 27.1 Å². The van der Waals surface area contributed by atoms with Gasteiger partial charge >= 0.3 is 0 Å². The minimum Gasteiger partial charge on any atom is -0.391 e. The molecule has 0 spiro atoms. The first-order chi connectivity index (χ1) is 8.36. The molecule has 90 valence electrons. The molecule has 1 aliphatic heterocycles. The Bertz CT molecular complexity index is 508. The summed E-state index contributed by atoms with van der Waals surface area (Å²) in [5, 5.41) is 14.7. The normalized spacial score (nSPS) is 25.9. The van der Waals surface area contributed by atoms with Crippen molar-refractivity contribution in [1.29, 1.82) is 0 Å². The van der Waals surface area contributed by atoms with Crippen LogP contribution in [0, 0.1) is 0 Å². The number of fused-ring (bicyclic) bond motifs is 1. The summed E-state index contributed by atoms with van der Waals surface area (Å²) in [5.74, 6) is 0. The van der Waals surface area contributed by atoms with Gasteiger partial charge in [-0.25, -0.2) is 0 Å². The lowest BCUT2D eigenvalue weighted by Gasteiger charge is -2.22. The zero-order valence-electron chi connectivity index (χ0n) is 9.71. The molecule has 0 aromatic carbocycles. The molecule has 2 atom stereocenters. The van der Waals surface area contributed by atoms with Gasteiger partial charge < -0.3 is 15.0 Å². The zero-order valence-corrected chi connectivity index (χ0v) is 9.71. The fourth-order valence-corrected chi connectivity index (χ4v) is 2.62. The van der Waals surface area contributed by atoms with Gasteiger partial charge in [0, 0.05) is 17.8 Å². The summed E-state index contributed by atoms with van der Waals surface area (Å²) in [6.07, 6.45) is 7.23. The number of hydrogen-bond donors (Lipinski definition) is 2. The Morgan fingerprint density at radius 3 is 3.12 bits per heavy atom. The number of nitrogens with one attached hydrogen (secondary N) is 1. The predicted molar refractivity (Wildman–Crippen MR) is 66.9 cm³/mol. The molecule has 3 heterocycles. The number of pyridine rings is 1. The maximum atomic E-state index is 10.2. The second-order valence-electron chi connectivity index (χ2n) is 4.62. The molecule has 4 nitrogen and oxygen atoms in total. The Balaban J connectivity index is 2.01. The van der Waals surface area contributed by atoms with Crippen LogP contribution in [0.3, 0.4) is 0 Å². The molecular weight excluding hydrogens is 214 g/mol. The number of hydrogen-bond acceptors (Lipinski definition) is 3. The fourth-order valence-electron chi connectivity index (χ4n) is 2.62. The van der Waals surface area contributed by atoms with E-state index in [1.165, 1.54) is 5.39 Å². The van der Waals surface area contributed by atoms with Crippen LogP contribution in [-0.4, -0.2) is 33.9 Å². The highest BCUT2D eigenvalue weighted by atomic mass is 16.3. The van der Waals surface area contributed by atoms with Gasteiger partial charge in [0.15, 0.2) is 0 Å². The third kappa shape index (κ3) is 1.94. The molecule has 0 amide bonds. The van der Waals surface area contributed by atoms with Gasteiger partial charge in [0.05, 0.1) is 23.9 Å². The first kappa shape index (κ1) is 10.7. The summed E-state index contributed by atoms with van der Waals surface area (Å²) in [6.45, 7) is 1.86. The predicted octanol–water partition coefficient (Wildman–Crippen LogP) is 1.32. The standard InChI is InChI=1S/C13H17N3O/c17-13-3-7-14-6-2-11(13)16-8-4-10-1-5-15-9-12(10)16/h1,4-5,8-9,11,13-14,17H,2-3,6-7H2/t11-,13-/m0/s1. The molecule has 1 saturated heterocycles. The molecule has 17 heavy (non-hydrogen) atoms. The lowest BCUT2D eigenvalue weighted by atomic mass is 10.1. The summed E-state index contributed by atoms with van der Waals surface area (Å²) in [7, 11) is 0. The summed E-state index contributed by atoms with van der Waals surface area (Å²) in [6, 6.07) is 4.25. The third-order valence-corrected chi connectivity index (χ3v) is 3.56. The molecule has 2 aromatic rings. The summed E-state index contributed by atoms with van der Waals surface area (Å²) < 4.78 is 2.17. The average molecular weight is 231 g/mol. The highest BCUT2D eigenvalue weighted by molar-refractivity contribution is 5.79. The fraction of sp³-hybridized carbons (Fsp3) is 0.462. The van der Waals surface area contributed by atoms with Crippen molar-refractivity contribution in [1.82, 2.24) is 14.9 Å². The van der Waals surface area contributed by atoms with Crippen molar-refractivity contribution in [3.63, 3.8) is 0 Å². The summed E-state index contributed by atoms with van der Waals surface area (Å²) in [5.41, 5.74) is 1.11. The molecule has 0 radical (unpaired) electrons. The van der Waals surface area contributed by atoms with Crippen molar-refractivity contribution in [2.45, 2.75) is 25.0 Å². The van der Waals surface area contributed by atoms with Gasteiger partial charge in [-0.3, -0.25) is 4.98 Å². The van der Waals surface area contributed by atoms with Crippen molar-refractivity contribution in [3.05, 3.63) is 30.7 Å².